The van der Waals surface area contributed by atoms with Crippen LogP contribution < -0.4 is 0 Å². The lowest BCUT2D eigenvalue weighted by molar-refractivity contribution is -0.188. The Morgan fingerprint density at radius 1 is 1.28 bits per heavy atom. The SMILES string of the molecule is O=C(O)[C@@H]1CN(C(=O)CCc2nc3ccccc3[nH]2)C[C@H]1C(F)(F)F. The summed E-state index contributed by atoms with van der Waals surface area (Å²) in [6.45, 7) is -1.03. The van der Waals surface area contributed by atoms with Crippen molar-refractivity contribution >= 4 is 22.9 Å². The second kappa shape index (κ2) is 6.38. The van der Waals surface area contributed by atoms with Gasteiger partial charge >= 0.3 is 12.1 Å². The van der Waals surface area contributed by atoms with Crippen LogP contribution in [0.5, 0.6) is 0 Å². The van der Waals surface area contributed by atoms with E-state index in [1.807, 2.05) is 24.3 Å². The van der Waals surface area contributed by atoms with Gasteiger partial charge < -0.3 is 15.0 Å². The number of carboxylic acids is 1. The number of aromatic nitrogens is 2. The molecule has 1 aliphatic rings. The normalized spacial score (nSPS) is 21.0. The van der Waals surface area contributed by atoms with E-state index in [0.717, 1.165) is 15.9 Å². The molecule has 9 heteroatoms. The third kappa shape index (κ3) is 3.59. The first-order valence-electron chi connectivity index (χ1n) is 7.76. The first kappa shape index (κ1) is 17.2. The van der Waals surface area contributed by atoms with Crippen molar-refractivity contribution in [1.82, 2.24) is 14.9 Å². The number of H-pyrrole nitrogens is 1. The zero-order chi connectivity index (χ0) is 18.2. The number of halogens is 3. The van der Waals surface area contributed by atoms with Crippen LogP contribution in [0.3, 0.4) is 0 Å². The lowest BCUT2D eigenvalue weighted by atomic mass is 9.96. The Morgan fingerprint density at radius 2 is 2.00 bits per heavy atom. The number of aromatic amines is 1. The molecule has 1 saturated heterocycles. The number of aryl methyl sites for hydroxylation is 1. The number of aliphatic carboxylic acids is 1. The van der Waals surface area contributed by atoms with Gasteiger partial charge in [0.1, 0.15) is 5.82 Å². The number of imidazole rings is 1. The Morgan fingerprint density at radius 3 is 2.60 bits per heavy atom. The predicted molar refractivity (Wildman–Crippen MR) is 81.7 cm³/mol. The summed E-state index contributed by atoms with van der Waals surface area (Å²) in [5.74, 6) is -5.11. The van der Waals surface area contributed by atoms with Crippen LogP contribution >= 0.6 is 0 Å². The van der Waals surface area contributed by atoms with Crippen molar-refractivity contribution in [1.29, 1.82) is 0 Å². The van der Waals surface area contributed by atoms with Crippen molar-refractivity contribution in [2.24, 2.45) is 11.8 Å². The average Bonchev–Trinajstić information content (AvgIpc) is 3.16. The standard InChI is InChI=1S/C16H16F3N3O3/c17-16(18,19)10-8-22(7-9(10)15(24)25)14(23)6-5-13-20-11-3-1-2-4-12(11)21-13/h1-4,9-10H,5-8H2,(H,20,21)(H,24,25)/t9-,10-/m1/s1. The number of carbonyl (C=O) groups excluding carboxylic acids is 1. The molecule has 2 N–H and O–H groups in total. The Balaban J connectivity index is 1.64. The number of nitrogens with zero attached hydrogens (tertiary/aromatic N) is 2. The number of hydrogen-bond donors (Lipinski definition) is 2. The molecule has 0 unspecified atom stereocenters. The third-order valence-corrected chi connectivity index (χ3v) is 4.42. The van der Waals surface area contributed by atoms with Gasteiger partial charge in [-0.2, -0.15) is 13.2 Å². The minimum Gasteiger partial charge on any atom is -0.481 e. The minimum absolute atomic E-state index is 0.0310. The highest BCUT2D eigenvalue weighted by atomic mass is 19.4. The van der Waals surface area contributed by atoms with Gasteiger partial charge in [0, 0.05) is 25.9 Å². The van der Waals surface area contributed by atoms with Crippen molar-refractivity contribution in [2.45, 2.75) is 19.0 Å². The van der Waals surface area contributed by atoms with Crippen molar-refractivity contribution < 1.29 is 27.9 Å². The highest BCUT2D eigenvalue weighted by molar-refractivity contribution is 5.79. The van der Waals surface area contributed by atoms with E-state index in [0.29, 0.717) is 5.82 Å². The van der Waals surface area contributed by atoms with E-state index >= 15 is 0 Å². The summed E-state index contributed by atoms with van der Waals surface area (Å²) >= 11 is 0. The van der Waals surface area contributed by atoms with Crippen molar-refractivity contribution in [3.05, 3.63) is 30.1 Å². The molecular formula is C16H16F3N3O3. The summed E-state index contributed by atoms with van der Waals surface area (Å²) < 4.78 is 38.9. The molecule has 134 valence electrons. The van der Waals surface area contributed by atoms with Crippen LogP contribution in [0, 0.1) is 11.8 Å². The molecule has 2 aromatic rings. The van der Waals surface area contributed by atoms with E-state index in [9.17, 15) is 22.8 Å². The smallest absolute Gasteiger partial charge is 0.394 e. The summed E-state index contributed by atoms with van der Waals surface area (Å²) in [5, 5.41) is 8.98. The maximum Gasteiger partial charge on any atom is 0.394 e. The molecule has 0 bridgehead atoms. The quantitative estimate of drug-likeness (QED) is 0.881. The van der Waals surface area contributed by atoms with E-state index in [-0.39, 0.29) is 12.8 Å². The molecule has 25 heavy (non-hydrogen) atoms. The van der Waals surface area contributed by atoms with Gasteiger partial charge in [0.2, 0.25) is 5.91 Å². The highest BCUT2D eigenvalue weighted by Crippen LogP contribution is 2.37. The zero-order valence-corrected chi connectivity index (χ0v) is 13.1. The van der Waals surface area contributed by atoms with Gasteiger partial charge in [-0.05, 0) is 12.1 Å². The largest absolute Gasteiger partial charge is 0.481 e. The van der Waals surface area contributed by atoms with Crippen LogP contribution in [0.15, 0.2) is 24.3 Å². The van der Waals surface area contributed by atoms with E-state index in [1.165, 1.54) is 0 Å². The summed E-state index contributed by atoms with van der Waals surface area (Å²) in [6, 6.07) is 7.30. The Labute approximate surface area is 140 Å². The van der Waals surface area contributed by atoms with Crippen molar-refractivity contribution in [3.8, 4) is 0 Å². The molecule has 6 nitrogen and oxygen atoms in total. The number of carboxylic acid groups (broad SMARTS) is 1. The van der Waals surface area contributed by atoms with Crippen LogP contribution in [0.2, 0.25) is 0 Å². The van der Waals surface area contributed by atoms with E-state index < -0.39 is 43.0 Å². The van der Waals surface area contributed by atoms with Crippen LogP contribution in [0.1, 0.15) is 12.2 Å². The molecule has 2 atom stereocenters. The van der Waals surface area contributed by atoms with Crippen LogP contribution in [-0.2, 0) is 16.0 Å². The third-order valence-electron chi connectivity index (χ3n) is 4.42. The Kier molecular flexibility index (Phi) is 4.40. The summed E-state index contributed by atoms with van der Waals surface area (Å²) in [5.41, 5.74) is 1.56. The molecule has 1 fully saturated rings. The number of amides is 1. The van der Waals surface area contributed by atoms with Gasteiger partial charge in [0.05, 0.1) is 22.9 Å². The number of hydrogen-bond acceptors (Lipinski definition) is 3. The molecule has 0 spiro atoms. The fourth-order valence-corrected chi connectivity index (χ4v) is 3.10. The second-order valence-corrected chi connectivity index (χ2v) is 6.09. The van der Waals surface area contributed by atoms with E-state index in [2.05, 4.69) is 9.97 Å². The molecule has 0 saturated carbocycles. The summed E-state index contributed by atoms with van der Waals surface area (Å²) in [7, 11) is 0. The zero-order valence-electron chi connectivity index (χ0n) is 13.1. The van der Waals surface area contributed by atoms with E-state index in [1.54, 1.807) is 0 Å². The van der Waals surface area contributed by atoms with Gasteiger partial charge in [0.15, 0.2) is 0 Å². The molecule has 1 aliphatic heterocycles. The lowest BCUT2D eigenvalue weighted by Crippen LogP contribution is -2.34. The maximum absolute atomic E-state index is 13.0. The first-order chi connectivity index (χ1) is 11.8. The number of alkyl halides is 3. The van der Waals surface area contributed by atoms with Crippen molar-refractivity contribution in [2.75, 3.05) is 13.1 Å². The summed E-state index contributed by atoms with van der Waals surface area (Å²) in [6.07, 6.45) is -4.42. The minimum atomic E-state index is -4.64. The average molecular weight is 355 g/mol. The number of rotatable bonds is 4. The van der Waals surface area contributed by atoms with Crippen LogP contribution in [0.4, 0.5) is 13.2 Å². The number of carbonyl (C=O) groups is 2. The molecule has 0 aliphatic carbocycles. The monoisotopic (exact) mass is 355 g/mol. The molecule has 1 amide bonds. The maximum atomic E-state index is 13.0. The van der Waals surface area contributed by atoms with E-state index in [4.69, 9.17) is 5.11 Å². The number of nitrogens with one attached hydrogen (secondary N) is 1. The Bertz CT molecular complexity index is 770. The van der Waals surface area contributed by atoms with Crippen molar-refractivity contribution in [3.63, 3.8) is 0 Å². The molecule has 3 rings (SSSR count). The molecule has 1 aromatic carbocycles. The number of fused-ring (bicyclic) bond motifs is 1. The lowest BCUT2D eigenvalue weighted by Gasteiger charge is -2.18. The molecule has 0 radical (unpaired) electrons. The van der Waals surface area contributed by atoms with Gasteiger partial charge in [0.25, 0.3) is 0 Å². The highest BCUT2D eigenvalue weighted by Gasteiger charge is 2.53. The second-order valence-electron chi connectivity index (χ2n) is 6.09. The topological polar surface area (TPSA) is 86.3 Å². The van der Waals surface area contributed by atoms with Gasteiger partial charge in [-0.1, -0.05) is 12.1 Å². The summed E-state index contributed by atoms with van der Waals surface area (Å²) in [4.78, 5) is 31.6. The number of likely N-dealkylation sites (tertiary alicyclic amines) is 1. The fraction of sp³-hybridized carbons (Fsp3) is 0.438. The fourth-order valence-electron chi connectivity index (χ4n) is 3.10. The van der Waals surface area contributed by atoms with Gasteiger partial charge in [-0.15, -0.1) is 0 Å². The number of benzene rings is 1. The Hall–Kier alpha value is -2.58. The predicted octanol–water partition coefficient (Wildman–Crippen LogP) is 2.22. The molecule has 1 aromatic heterocycles. The van der Waals surface area contributed by atoms with Gasteiger partial charge in [-0.25, -0.2) is 4.98 Å². The number of para-hydroxylation sites is 2. The van der Waals surface area contributed by atoms with Crippen LogP contribution in [0.25, 0.3) is 11.0 Å². The van der Waals surface area contributed by atoms with Crippen LogP contribution in [-0.4, -0.2) is 51.1 Å². The molecular weight excluding hydrogens is 339 g/mol. The van der Waals surface area contributed by atoms with Gasteiger partial charge in [-0.3, -0.25) is 9.59 Å². The molecule has 2 heterocycles. The first-order valence-corrected chi connectivity index (χ1v) is 7.76.